The van der Waals surface area contributed by atoms with E-state index in [4.69, 9.17) is 9.47 Å². The summed E-state index contributed by atoms with van der Waals surface area (Å²) in [5.41, 5.74) is 2.47. The third-order valence-corrected chi connectivity index (χ3v) is 8.34. The maximum absolute atomic E-state index is 13.7. The lowest BCUT2D eigenvalue weighted by Crippen LogP contribution is -2.44. The van der Waals surface area contributed by atoms with Crippen molar-refractivity contribution in [2.45, 2.75) is 38.1 Å². The van der Waals surface area contributed by atoms with E-state index in [0.717, 1.165) is 5.56 Å². The number of aryl methyl sites for hydroxylation is 1. The Morgan fingerprint density at radius 3 is 2.29 bits per heavy atom. The summed E-state index contributed by atoms with van der Waals surface area (Å²) >= 11 is 0. The first-order valence-corrected chi connectivity index (χ1v) is 15.4. The monoisotopic (exact) mass is 594 g/mol. The molecule has 224 valence electrons. The van der Waals surface area contributed by atoms with Gasteiger partial charge < -0.3 is 25.0 Å². The van der Waals surface area contributed by atoms with Crippen molar-refractivity contribution < 1.29 is 27.5 Å². The molecule has 1 aliphatic heterocycles. The van der Waals surface area contributed by atoms with E-state index >= 15 is 0 Å². The Morgan fingerprint density at radius 1 is 0.976 bits per heavy atom. The molecule has 42 heavy (non-hydrogen) atoms. The van der Waals surface area contributed by atoms with Gasteiger partial charge in [-0.1, -0.05) is 32.0 Å². The van der Waals surface area contributed by atoms with Gasteiger partial charge in [-0.15, -0.1) is 0 Å². The molecular formula is C31H38N4O6S. The minimum absolute atomic E-state index is 0.0161. The van der Waals surface area contributed by atoms with E-state index in [9.17, 15) is 18.0 Å². The molecule has 3 aromatic carbocycles. The number of sulfonamides is 1. The van der Waals surface area contributed by atoms with Crippen LogP contribution in [0.15, 0.2) is 71.6 Å². The fourth-order valence-electron chi connectivity index (χ4n) is 4.74. The Morgan fingerprint density at radius 2 is 1.64 bits per heavy atom. The summed E-state index contributed by atoms with van der Waals surface area (Å²) in [6.45, 7) is 7.77. The molecule has 0 spiro atoms. The van der Waals surface area contributed by atoms with Crippen LogP contribution >= 0.6 is 0 Å². The van der Waals surface area contributed by atoms with Gasteiger partial charge in [-0.25, -0.2) is 8.42 Å². The number of rotatable bonds is 11. The SMILES string of the molecule is COc1ccc(NS(=O)(=O)c2cc(NC(=O)[C@H](CC(C)C)NC(=O)c3ccccc3C)ccc2N2CCOCC2)cc1. The zero-order chi connectivity index (χ0) is 30.3. The Hall–Kier alpha value is -4.09. The smallest absolute Gasteiger partial charge is 0.264 e. The van der Waals surface area contributed by atoms with Crippen LogP contribution in [-0.4, -0.2) is 59.7 Å². The minimum atomic E-state index is -4.06. The summed E-state index contributed by atoms with van der Waals surface area (Å²) in [5.74, 6) is -0.0619. The van der Waals surface area contributed by atoms with Gasteiger partial charge in [0.25, 0.3) is 15.9 Å². The van der Waals surface area contributed by atoms with Gasteiger partial charge in [-0.05, 0) is 73.4 Å². The molecule has 11 heteroatoms. The molecule has 1 heterocycles. The molecule has 10 nitrogen and oxygen atoms in total. The van der Waals surface area contributed by atoms with Crippen molar-refractivity contribution in [1.29, 1.82) is 0 Å². The van der Waals surface area contributed by atoms with Gasteiger partial charge >= 0.3 is 0 Å². The van der Waals surface area contributed by atoms with E-state index in [1.807, 2.05) is 37.8 Å². The van der Waals surface area contributed by atoms with E-state index in [0.29, 0.717) is 61.1 Å². The molecule has 1 atom stereocenters. The van der Waals surface area contributed by atoms with Gasteiger partial charge in [0.1, 0.15) is 16.7 Å². The third kappa shape index (κ3) is 7.80. The molecule has 0 bridgehead atoms. The average molecular weight is 595 g/mol. The lowest BCUT2D eigenvalue weighted by molar-refractivity contribution is -0.118. The van der Waals surface area contributed by atoms with Gasteiger partial charge in [0, 0.05) is 30.0 Å². The van der Waals surface area contributed by atoms with E-state index in [1.54, 1.807) is 48.5 Å². The number of ether oxygens (including phenoxy) is 2. The number of anilines is 3. The Labute approximate surface area is 247 Å². The molecule has 1 fully saturated rings. The topological polar surface area (TPSA) is 126 Å². The van der Waals surface area contributed by atoms with Crippen LogP contribution in [0.5, 0.6) is 5.75 Å². The van der Waals surface area contributed by atoms with Crippen LogP contribution in [0.1, 0.15) is 36.2 Å². The number of carbonyl (C=O) groups is 2. The molecule has 1 saturated heterocycles. The first-order valence-electron chi connectivity index (χ1n) is 13.9. The predicted octanol–water partition coefficient (Wildman–Crippen LogP) is 4.42. The van der Waals surface area contributed by atoms with Crippen molar-refractivity contribution in [3.8, 4) is 5.75 Å². The normalized spacial score (nSPS) is 14.3. The van der Waals surface area contributed by atoms with Crippen LogP contribution in [0.2, 0.25) is 0 Å². The van der Waals surface area contributed by atoms with Crippen molar-refractivity contribution in [2.24, 2.45) is 5.92 Å². The van der Waals surface area contributed by atoms with E-state index in [-0.39, 0.29) is 16.7 Å². The van der Waals surface area contributed by atoms with Gasteiger partial charge in [-0.3, -0.25) is 14.3 Å². The summed E-state index contributed by atoms with van der Waals surface area (Å²) in [4.78, 5) is 28.5. The van der Waals surface area contributed by atoms with E-state index in [2.05, 4.69) is 15.4 Å². The lowest BCUT2D eigenvalue weighted by Gasteiger charge is -2.30. The van der Waals surface area contributed by atoms with Crippen molar-refractivity contribution in [2.75, 3.05) is 48.4 Å². The van der Waals surface area contributed by atoms with Crippen molar-refractivity contribution >= 4 is 38.9 Å². The largest absolute Gasteiger partial charge is 0.497 e. The van der Waals surface area contributed by atoms with Crippen molar-refractivity contribution in [3.63, 3.8) is 0 Å². The number of hydrogen-bond acceptors (Lipinski definition) is 7. The molecule has 0 saturated carbocycles. The highest BCUT2D eigenvalue weighted by Crippen LogP contribution is 2.31. The second-order valence-corrected chi connectivity index (χ2v) is 12.2. The number of amides is 2. The zero-order valence-electron chi connectivity index (χ0n) is 24.3. The molecule has 3 aromatic rings. The zero-order valence-corrected chi connectivity index (χ0v) is 25.2. The molecule has 2 amide bonds. The van der Waals surface area contributed by atoms with Crippen molar-refractivity contribution in [3.05, 3.63) is 77.9 Å². The fourth-order valence-corrected chi connectivity index (χ4v) is 6.05. The van der Waals surface area contributed by atoms with Crippen LogP contribution in [0.25, 0.3) is 0 Å². The maximum atomic E-state index is 13.7. The number of nitrogens with zero attached hydrogens (tertiary/aromatic N) is 1. The second kappa shape index (κ2) is 13.7. The Balaban J connectivity index is 1.62. The van der Waals surface area contributed by atoms with Crippen LogP contribution < -0.4 is 25.0 Å². The lowest BCUT2D eigenvalue weighted by atomic mass is 10.0. The highest BCUT2D eigenvalue weighted by atomic mass is 32.2. The number of benzene rings is 3. The molecule has 3 N–H and O–H groups in total. The van der Waals surface area contributed by atoms with Crippen LogP contribution in [0, 0.1) is 12.8 Å². The summed E-state index contributed by atoms with van der Waals surface area (Å²) in [6, 6.07) is 17.7. The van der Waals surface area contributed by atoms with E-state index in [1.165, 1.54) is 13.2 Å². The highest BCUT2D eigenvalue weighted by molar-refractivity contribution is 7.92. The number of hydrogen-bond donors (Lipinski definition) is 3. The Bertz CT molecular complexity index is 1500. The van der Waals surface area contributed by atoms with Gasteiger partial charge in [0.2, 0.25) is 5.91 Å². The molecule has 0 aliphatic carbocycles. The number of morpholine rings is 1. The quantitative estimate of drug-likeness (QED) is 0.300. The summed E-state index contributed by atoms with van der Waals surface area (Å²) in [6.07, 6.45) is 0.402. The second-order valence-electron chi connectivity index (χ2n) is 10.6. The summed E-state index contributed by atoms with van der Waals surface area (Å²) in [7, 11) is -2.53. The van der Waals surface area contributed by atoms with Crippen molar-refractivity contribution in [1.82, 2.24) is 5.32 Å². The average Bonchev–Trinajstić information content (AvgIpc) is 2.97. The Kier molecular flexibility index (Phi) is 10.1. The molecular weight excluding hydrogens is 556 g/mol. The summed E-state index contributed by atoms with van der Waals surface area (Å²) in [5, 5.41) is 5.70. The first kappa shape index (κ1) is 30.9. The minimum Gasteiger partial charge on any atom is -0.497 e. The molecule has 0 radical (unpaired) electrons. The highest BCUT2D eigenvalue weighted by Gasteiger charge is 2.27. The molecule has 1 aliphatic rings. The predicted molar refractivity (Wildman–Crippen MR) is 164 cm³/mol. The van der Waals surface area contributed by atoms with E-state index < -0.39 is 22.0 Å². The third-order valence-electron chi connectivity index (χ3n) is 6.93. The van der Waals surface area contributed by atoms with Gasteiger partial charge in [-0.2, -0.15) is 0 Å². The number of methoxy groups -OCH3 is 1. The first-order chi connectivity index (χ1) is 20.1. The molecule has 0 aromatic heterocycles. The standard InChI is InChI=1S/C31H38N4O6S/c1-21(2)19-27(33-30(36)26-8-6-5-7-22(26)3)31(37)32-24-11-14-28(35-15-17-41-18-16-35)29(20-24)42(38,39)34-23-9-12-25(40-4)13-10-23/h5-14,20-21,27,34H,15-19H2,1-4H3,(H,32,37)(H,33,36)/t27-/m0/s1. The number of carbonyl (C=O) groups excluding carboxylic acids is 2. The van der Waals surface area contributed by atoms with Crippen LogP contribution in [0.3, 0.4) is 0 Å². The molecule has 0 unspecified atom stereocenters. The van der Waals surface area contributed by atoms with Crippen LogP contribution in [-0.2, 0) is 19.6 Å². The summed E-state index contributed by atoms with van der Waals surface area (Å²) < 4.78 is 40.7. The van der Waals surface area contributed by atoms with Gasteiger partial charge in [0.15, 0.2) is 0 Å². The maximum Gasteiger partial charge on any atom is 0.264 e. The number of nitrogens with one attached hydrogen (secondary N) is 3. The van der Waals surface area contributed by atoms with Gasteiger partial charge in [0.05, 0.1) is 26.0 Å². The molecule has 4 rings (SSSR count). The van der Waals surface area contributed by atoms with Crippen LogP contribution in [0.4, 0.5) is 17.1 Å². The fraction of sp³-hybridized carbons (Fsp3) is 0.355.